The fraction of sp³-hybridized carbons (Fsp3) is 0.447. The summed E-state index contributed by atoms with van der Waals surface area (Å²) in [5.41, 5.74) is 2.27. The quantitative estimate of drug-likeness (QED) is 0.167. The van der Waals surface area contributed by atoms with Gasteiger partial charge in [-0.2, -0.15) is 0 Å². The second kappa shape index (κ2) is 18.0. The summed E-state index contributed by atoms with van der Waals surface area (Å²) in [6.07, 6.45) is 2.65. The maximum Gasteiger partial charge on any atom is 0.341 e. The Morgan fingerprint density at radius 3 is 2.14 bits per heavy atom. The molecular weight excluding hydrogens is 646 g/mol. The molecule has 0 bridgehead atoms. The van der Waals surface area contributed by atoms with Crippen molar-refractivity contribution >= 4 is 17.8 Å². The van der Waals surface area contributed by atoms with Gasteiger partial charge in [0, 0.05) is 6.54 Å². The molecule has 0 aromatic heterocycles. The number of hydrogen-bond donors (Lipinski definition) is 1. The minimum atomic E-state index is -1.11. The van der Waals surface area contributed by atoms with Gasteiger partial charge >= 0.3 is 11.9 Å². The number of carbonyl (C=O) groups excluding carboxylic acids is 2. The lowest BCUT2D eigenvalue weighted by molar-refractivity contribution is -0.162. The normalized spacial score (nSPS) is 15.3. The Bertz CT molecular complexity index is 1600. The van der Waals surface area contributed by atoms with Crippen LogP contribution in [0.15, 0.2) is 54.6 Å². The molecule has 12 nitrogen and oxygen atoms in total. The summed E-state index contributed by atoms with van der Waals surface area (Å²) >= 11 is 0. The van der Waals surface area contributed by atoms with E-state index in [0.29, 0.717) is 77.9 Å². The number of piperidine rings is 1. The van der Waals surface area contributed by atoms with Crippen LogP contribution in [-0.4, -0.2) is 82.6 Å². The van der Waals surface area contributed by atoms with Gasteiger partial charge in [-0.1, -0.05) is 25.1 Å². The van der Waals surface area contributed by atoms with Gasteiger partial charge < -0.3 is 43.2 Å². The summed E-state index contributed by atoms with van der Waals surface area (Å²) in [6.45, 7) is 1.82. The number of benzene rings is 3. The van der Waals surface area contributed by atoms with E-state index in [4.69, 9.17) is 38.3 Å². The van der Waals surface area contributed by atoms with Crippen molar-refractivity contribution in [1.29, 1.82) is 0 Å². The molecular formula is C38H47NO11. The second-order valence-corrected chi connectivity index (χ2v) is 11.9. The molecule has 1 unspecified atom stereocenters. The van der Waals surface area contributed by atoms with Gasteiger partial charge in [-0.25, -0.2) is 9.59 Å². The summed E-state index contributed by atoms with van der Waals surface area (Å²) in [4.78, 5) is 41.2. The Balaban J connectivity index is 1.61. The van der Waals surface area contributed by atoms with E-state index in [0.717, 1.165) is 18.4 Å². The van der Waals surface area contributed by atoms with Crippen molar-refractivity contribution in [1.82, 2.24) is 4.90 Å². The van der Waals surface area contributed by atoms with Crippen LogP contribution in [-0.2, 0) is 25.5 Å². The minimum absolute atomic E-state index is 0.186. The molecule has 4 rings (SSSR count). The zero-order valence-corrected chi connectivity index (χ0v) is 29.6. The van der Waals surface area contributed by atoms with E-state index >= 15 is 0 Å². The highest BCUT2D eigenvalue weighted by Crippen LogP contribution is 2.41. The smallest absolute Gasteiger partial charge is 0.341 e. The number of hydrogen-bond acceptors (Lipinski definition) is 10. The van der Waals surface area contributed by atoms with Crippen LogP contribution in [0.2, 0.25) is 0 Å². The molecule has 50 heavy (non-hydrogen) atoms. The van der Waals surface area contributed by atoms with E-state index in [9.17, 15) is 14.4 Å². The average Bonchev–Trinajstić information content (AvgIpc) is 3.15. The first-order chi connectivity index (χ1) is 24.2. The molecule has 1 aliphatic rings. The lowest BCUT2D eigenvalue weighted by atomic mass is 9.91. The van der Waals surface area contributed by atoms with Crippen molar-refractivity contribution in [3.8, 4) is 34.5 Å². The van der Waals surface area contributed by atoms with Gasteiger partial charge in [0.05, 0.1) is 41.5 Å². The van der Waals surface area contributed by atoms with Crippen LogP contribution in [0.1, 0.15) is 67.7 Å². The number of aryl methyl sites for hydroxylation is 1. The molecule has 3 atom stereocenters. The third-order valence-corrected chi connectivity index (χ3v) is 8.85. The number of nitrogens with zero attached hydrogens (tertiary/aromatic N) is 1. The third kappa shape index (κ3) is 9.10. The summed E-state index contributed by atoms with van der Waals surface area (Å²) in [7, 11) is 7.70. The molecule has 12 heteroatoms. The van der Waals surface area contributed by atoms with E-state index in [2.05, 4.69) is 0 Å². The van der Waals surface area contributed by atoms with Crippen molar-refractivity contribution in [3.05, 3.63) is 71.3 Å². The maximum absolute atomic E-state index is 14.3. The maximum atomic E-state index is 14.3. The molecule has 1 amide bonds. The standard InChI is InChI=1S/C38H47NO11/c1-7-28(26-21-33(46-4)36(48-6)34(22-26)47-5)37(42)39-18-9-8-13-29(39)38(43)50-30(25-11-10-12-27(20-25)49-23-35(40)41)16-14-24-15-17-31(44-2)32(19-24)45-3/h10-12,15,17,19-22,28-30H,7-9,13-14,16,18,23H2,1-6H3,(H,40,41)/t28?,29-,30+/m0/s1. The van der Waals surface area contributed by atoms with E-state index in [1.165, 1.54) is 21.3 Å². The minimum Gasteiger partial charge on any atom is -0.493 e. The molecule has 0 aliphatic carbocycles. The monoisotopic (exact) mass is 693 g/mol. The predicted molar refractivity (Wildman–Crippen MR) is 185 cm³/mol. The molecule has 1 saturated heterocycles. The molecule has 1 heterocycles. The molecule has 1 N–H and O–H groups in total. The summed E-state index contributed by atoms with van der Waals surface area (Å²) in [5.74, 6) is 0.454. The number of ether oxygens (including phenoxy) is 7. The first-order valence-corrected chi connectivity index (χ1v) is 16.6. The van der Waals surface area contributed by atoms with Crippen molar-refractivity contribution in [2.75, 3.05) is 48.7 Å². The van der Waals surface area contributed by atoms with Gasteiger partial charge in [-0.3, -0.25) is 4.79 Å². The van der Waals surface area contributed by atoms with Crippen LogP contribution in [0.4, 0.5) is 0 Å². The first kappa shape index (κ1) is 37.7. The number of carboxylic acids is 1. The summed E-state index contributed by atoms with van der Waals surface area (Å²) < 4.78 is 39.1. The number of amides is 1. The Hall–Kier alpha value is -5.13. The Morgan fingerprint density at radius 1 is 0.820 bits per heavy atom. The largest absolute Gasteiger partial charge is 0.493 e. The van der Waals surface area contributed by atoms with Gasteiger partial charge in [0.2, 0.25) is 11.7 Å². The van der Waals surface area contributed by atoms with Gasteiger partial charge in [0.1, 0.15) is 17.9 Å². The zero-order valence-electron chi connectivity index (χ0n) is 29.6. The molecule has 3 aromatic carbocycles. The summed E-state index contributed by atoms with van der Waals surface area (Å²) in [6, 6.07) is 15.2. The molecule has 0 saturated carbocycles. The number of methoxy groups -OCH3 is 5. The van der Waals surface area contributed by atoms with Gasteiger partial charge in [0.15, 0.2) is 29.6 Å². The van der Waals surface area contributed by atoms with E-state index in [1.54, 1.807) is 49.5 Å². The van der Waals surface area contributed by atoms with Crippen molar-refractivity contribution in [3.63, 3.8) is 0 Å². The second-order valence-electron chi connectivity index (χ2n) is 11.9. The topological polar surface area (TPSA) is 139 Å². The highest BCUT2D eigenvalue weighted by atomic mass is 16.5. The number of likely N-dealkylation sites (tertiary alicyclic amines) is 1. The number of esters is 1. The Kier molecular flexibility index (Phi) is 13.6. The van der Waals surface area contributed by atoms with E-state index in [1.807, 2.05) is 31.2 Å². The van der Waals surface area contributed by atoms with E-state index < -0.39 is 36.6 Å². The molecule has 270 valence electrons. The van der Waals surface area contributed by atoms with Crippen molar-refractivity contribution in [2.45, 2.75) is 63.5 Å². The van der Waals surface area contributed by atoms with E-state index in [-0.39, 0.29) is 5.91 Å². The first-order valence-electron chi connectivity index (χ1n) is 16.6. The number of carbonyl (C=O) groups is 3. The van der Waals surface area contributed by atoms with Crippen molar-refractivity contribution in [2.24, 2.45) is 0 Å². The number of rotatable bonds is 17. The van der Waals surface area contributed by atoms with Crippen LogP contribution in [0.25, 0.3) is 0 Å². The Labute approximate surface area is 293 Å². The lowest BCUT2D eigenvalue weighted by Crippen LogP contribution is -2.50. The molecule has 1 fully saturated rings. The predicted octanol–water partition coefficient (Wildman–Crippen LogP) is 5.99. The SMILES string of the molecule is CCC(C(=O)N1CCCC[C@H]1C(=O)O[C@H](CCc1ccc(OC)c(OC)c1)c1cccc(OCC(=O)O)c1)c1cc(OC)c(OC)c(OC)c1. The zero-order chi connectivity index (χ0) is 36.2. The van der Waals surface area contributed by atoms with Gasteiger partial charge in [-0.15, -0.1) is 0 Å². The van der Waals surface area contributed by atoms with Crippen LogP contribution < -0.4 is 28.4 Å². The molecule has 3 aromatic rings. The lowest BCUT2D eigenvalue weighted by Gasteiger charge is -2.37. The number of aliphatic carboxylic acids is 1. The molecule has 0 radical (unpaired) electrons. The van der Waals surface area contributed by atoms with Crippen LogP contribution in [0.3, 0.4) is 0 Å². The van der Waals surface area contributed by atoms with Gasteiger partial charge in [-0.05, 0) is 91.6 Å². The number of carboxylic acid groups (broad SMARTS) is 1. The highest BCUT2D eigenvalue weighted by Gasteiger charge is 2.38. The molecule has 1 aliphatic heterocycles. The Morgan fingerprint density at radius 2 is 1.52 bits per heavy atom. The molecule has 0 spiro atoms. The fourth-order valence-corrected chi connectivity index (χ4v) is 6.29. The summed E-state index contributed by atoms with van der Waals surface area (Å²) in [5, 5.41) is 9.12. The van der Waals surface area contributed by atoms with Gasteiger partial charge in [0.25, 0.3) is 0 Å². The fourth-order valence-electron chi connectivity index (χ4n) is 6.29. The average molecular weight is 694 g/mol. The third-order valence-electron chi connectivity index (χ3n) is 8.85. The van der Waals surface area contributed by atoms with Crippen LogP contribution in [0, 0.1) is 0 Å². The highest BCUT2D eigenvalue weighted by molar-refractivity contribution is 5.89. The van der Waals surface area contributed by atoms with Crippen molar-refractivity contribution < 1.29 is 52.6 Å². The van der Waals surface area contributed by atoms with Crippen LogP contribution in [0.5, 0.6) is 34.5 Å². The van der Waals surface area contributed by atoms with Crippen LogP contribution >= 0.6 is 0 Å².